The van der Waals surface area contributed by atoms with Gasteiger partial charge in [0.2, 0.25) is 0 Å². The molecule has 0 radical (unpaired) electrons. The molecule has 1 aromatic rings. The lowest BCUT2D eigenvalue weighted by molar-refractivity contribution is 0.248. The van der Waals surface area contributed by atoms with Crippen molar-refractivity contribution in [1.82, 2.24) is 4.31 Å². The van der Waals surface area contributed by atoms with Crippen LogP contribution in [0.15, 0.2) is 24.3 Å². The zero-order valence-corrected chi connectivity index (χ0v) is 13.5. The molecule has 0 bridgehead atoms. The Bertz CT molecular complexity index is 436. The third-order valence-electron chi connectivity index (χ3n) is 4.20. The van der Waals surface area contributed by atoms with E-state index in [9.17, 15) is 5.11 Å². The maximum atomic E-state index is 9.48. The summed E-state index contributed by atoms with van der Waals surface area (Å²) < 4.78 is 5.80. The highest BCUT2D eigenvalue weighted by molar-refractivity contribution is 7.98. The molecule has 1 aliphatic rings. The Hall–Kier alpha value is -0.870. The SMILES string of the molecule is CCC(C)(C)CC1CCCN1SNc1cccc(O)c1. The van der Waals surface area contributed by atoms with Gasteiger partial charge in [-0.15, -0.1) is 0 Å². The van der Waals surface area contributed by atoms with E-state index in [1.165, 1.54) is 25.7 Å². The summed E-state index contributed by atoms with van der Waals surface area (Å²) >= 11 is 1.68. The van der Waals surface area contributed by atoms with Crippen LogP contribution in [0.3, 0.4) is 0 Å². The fourth-order valence-corrected chi connectivity index (χ4v) is 3.50. The monoisotopic (exact) mass is 294 g/mol. The van der Waals surface area contributed by atoms with Crippen LogP contribution in [-0.4, -0.2) is 22.0 Å². The van der Waals surface area contributed by atoms with Gasteiger partial charge in [-0.25, -0.2) is 4.31 Å². The second kappa shape index (κ2) is 6.72. The smallest absolute Gasteiger partial charge is 0.117 e. The number of hydrogen-bond donors (Lipinski definition) is 2. The molecule has 1 aliphatic heterocycles. The highest BCUT2D eigenvalue weighted by Gasteiger charge is 2.30. The fraction of sp³-hybridized carbons (Fsp3) is 0.625. The molecular weight excluding hydrogens is 268 g/mol. The molecule has 4 heteroatoms. The number of nitrogens with zero attached hydrogens (tertiary/aromatic N) is 1. The first-order valence-electron chi connectivity index (χ1n) is 7.49. The Morgan fingerprint density at radius 3 is 2.95 bits per heavy atom. The van der Waals surface area contributed by atoms with E-state index in [-0.39, 0.29) is 0 Å². The highest BCUT2D eigenvalue weighted by Crippen LogP contribution is 2.36. The third-order valence-corrected chi connectivity index (χ3v) is 5.24. The van der Waals surface area contributed by atoms with E-state index >= 15 is 0 Å². The van der Waals surface area contributed by atoms with Crippen molar-refractivity contribution in [3.63, 3.8) is 0 Å². The number of phenolic OH excluding ortho intramolecular Hbond substituents is 1. The molecule has 0 amide bonds. The number of rotatable bonds is 6. The van der Waals surface area contributed by atoms with Gasteiger partial charge < -0.3 is 9.83 Å². The van der Waals surface area contributed by atoms with Gasteiger partial charge in [-0.3, -0.25) is 0 Å². The molecule has 1 unspecified atom stereocenters. The molecule has 1 aromatic carbocycles. The number of phenols is 1. The van der Waals surface area contributed by atoms with E-state index in [0.717, 1.165) is 12.2 Å². The van der Waals surface area contributed by atoms with Crippen LogP contribution in [0, 0.1) is 5.41 Å². The van der Waals surface area contributed by atoms with Crippen molar-refractivity contribution in [3.8, 4) is 5.75 Å². The normalized spacial score (nSPS) is 20.2. The van der Waals surface area contributed by atoms with E-state index in [1.807, 2.05) is 12.1 Å². The van der Waals surface area contributed by atoms with Crippen LogP contribution in [0.1, 0.15) is 46.5 Å². The van der Waals surface area contributed by atoms with E-state index < -0.39 is 0 Å². The lowest BCUT2D eigenvalue weighted by Crippen LogP contribution is -2.29. The Kier molecular flexibility index (Phi) is 5.22. The molecule has 1 atom stereocenters. The van der Waals surface area contributed by atoms with Crippen LogP contribution >= 0.6 is 12.1 Å². The average molecular weight is 294 g/mol. The van der Waals surface area contributed by atoms with Crippen LogP contribution in [0.5, 0.6) is 5.75 Å². The van der Waals surface area contributed by atoms with Gasteiger partial charge in [0.1, 0.15) is 5.75 Å². The van der Waals surface area contributed by atoms with Crippen LogP contribution in [0.25, 0.3) is 0 Å². The predicted molar refractivity (Wildman–Crippen MR) is 87.7 cm³/mol. The molecule has 0 saturated carbocycles. The maximum absolute atomic E-state index is 9.48. The quantitative estimate of drug-likeness (QED) is 0.748. The largest absolute Gasteiger partial charge is 0.508 e. The molecule has 3 nitrogen and oxygen atoms in total. The third kappa shape index (κ3) is 4.32. The van der Waals surface area contributed by atoms with Crippen LogP contribution in [0.4, 0.5) is 5.69 Å². The van der Waals surface area contributed by atoms with Gasteiger partial charge in [0.05, 0.1) is 0 Å². The second-order valence-electron chi connectivity index (χ2n) is 6.40. The predicted octanol–water partition coefficient (Wildman–Crippen LogP) is 4.66. The molecule has 0 aromatic heterocycles. The van der Waals surface area contributed by atoms with Crippen molar-refractivity contribution in [2.75, 3.05) is 11.3 Å². The minimum Gasteiger partial charge on any atom is -0.508 e. The first kappa shape index (κ1) is 15.5. The molecule has 1 saturated heterocycles. The zero-order chi connectivity index (χ0) is 14.6. The van der Waals surface area contributed by atoms with E-state index in [2.05, 4.69) is 29.8 Å². The van der Waals surface area contributed by atoms with Gasteiger partial charge in [0.25, 0.3) is 0 Å². The Morgan fingerprint density at radius 2 is 2.25 bits per heavy atom. The van der Waals surface area contributed by atoms with E-state index in [1.54, 1.807) is 24.3 Å². The lowest BCUT2D eigenvalue weighted by atomic mass is 9.83. The first-order chi connectivity index (χ1) is 9.50. The van der Waals surface area contributed by atoms with Crippen LogP contribution in [0.2, 0.25) is 0 Å². The van der Waals surface area contributed by atoms with Crippen LogP contribution < -0.4 is 4.72 Å². The fourth-order valence-electron chi connectivity index (χ4n) is 2.60. The molecule has 1 fully saturated rings. The summed E-state index contributed by atoms with van der Waals surface area (Å²) in [5, 5.41) is 9.48. The minimum atomic E-state index is 0.306. The highest BCUT2D eigenvalue weighted by atomic mass is 32.2. The zero-order valence-electron chi connectivity index (χ0n) is 12.7. The van der Waals surface area contributed by atoms with Crippen molar-refractivity contribution >= 4 is 17.8 Å². The van der Waals surface area contributed by atoms with Gasteiger partial charge in [-0.2, -0.15) is 0 Å². The van der Waals surface area contributed by atoms with Gasteiger partial charge in [0, 0.05) is 36.5 Å². The molecule has 20 heavy (non-hydrogen) atoms. The summed E-state index contributed by atoms with van der Waals surface area (Å²) in [6.07, 6.45) is 5.04. The van der Waals surface area contributed by atoms with Crippen molar-refractivity contribution < 1.29 is 5.11 Å². The summed E-state index contributed by atoms with van der Waals surface area (Å²) in [6, 6.07) is 7.94. The molecule has 2 rings (SSSR count). The number of nitrogens with one attached hydrogen (secondary N) is 1. The number of aromatic hydroxyl groups is 1. The van der Waals surface area contributed by atoms with Gasteiger partial charge in [0.15, 0.2) is 0 Å². The van der Waals surface area contributed by atoms with Crippen molar-refractivity contribution in [2.24, 2.45) is 5.41 Å². The van der Waals surface area contributed by atoms with Crippen LogP contribution in [-0.2, 0) is 0 Å². The Balaban J connectivity index is 1.88. The van der Waals surface area contributed by atoms with E-state index in [0.29, 0.717) is 17.2 Å². The topological polar surface area (TPSA) is 35.5 Å². The first-order valence-corrected chi connectivity index (χ1v) is 8.26. The number of benzene rings is 1. The molecule has 2 N–H and O–H groups in total. The van der Waals surface area contributed by atoms with Crippen molar-refractivity contribution in [2.45, 2.75) is 52.5 Å². The summed E-state index contributed by atoms with van der Waals surface area (Å²) in [5.41, 5.74) is 1.37. The molecule has 112 valence electrons. The molecule has 0 spiro atoms. The Morgan fingerprint density at radius 1 is 1.45 bits per heavy atom. The standard InChI is InChI=1S/C16H26N2OS/c1-4-16(2,3)12-14-8-6-10-18(14)20-17-13-7-5-9-15(19)11-13/h5,7,9,11,14,17,19H,4,6,8,10,12H2,1-3H3. The molecule has 1 heterocycles. The van der Waals surface area contributed by atoms with Gasteiger partial charge in [-0.1, -0.05) is 33.3 Å². The van der Waals surface area contributed by atoms with Crippen molar-refractivity contribution in [3.05, 3.63) is 24.3 Å². The molecular formula is C16H26N2OS. The second-order valence-corrected chi connectivity index (χ2v) is 7.26. The summed E-state index contributed by atoms with van der Waals surface area (Å²) in [4.78, 5) is 0. The maximum Gasteiger partial charge on any atom is 0.117 e. The minimum absolute atomic E-state index is 0.306. The van der Waals surface area contributed by atoms with Crippen molar-refractivity contribution in [1.29, 1.82) is 0 Å². The number of hydrogen-bond acceptors (Lipinski definition) is 4. The lowest BCUT2D eigenvalue weighted by Gasteiger charge is -2.31. The summed E-state index contributed by atoms with van der Waals surface area (Å²) in [7, 11) is 0. The summed E-state index contributed by atoms with van der Waals surface area (Å²) in [5.74, 6) is 0.306. The summed E-state index contributed by atoms with van der Waals surface area (Å²) in [6.45, 7) is 8.13. The van der Waals surface area contributed by atoms with Gasteiger partial charge in [-0.05, 0) is 36.8 Å². The number of anilines is 1. The molecule has 0 aliphatic carbocycles. The Labute approximate surface area is 127 Å². The average Bonchev–Trinajstić information content (AvgIpc) is 2.83. The van der Waals surface area contributed by atoms with Gasteiger partial charge >= 0.3 is 0 Å². The van der Waals surface area contributed by atoms with E-state index in [4.69, 9.17) is 0 Å².